The summed E-state index contributed by atoms with van der Waals surface area (Å²) >= 11 is 5.93. The van der Waals surface area contributed by atoms with Crippen LogP contribution in [0.2, 0.25) is 5.02 Å². The number of hydrogen-bond acceptors (Lipinski definition) is 3. The second-order valence-electron chi connectivity index (χ2n) is 6.86. The fourth-order valence-electron chi connectivity index (χ4n) is 3.61. The lowest BCUT2D eigenvalue weighted by atomic mass is 9.97. The third-order valence-corrected chi connectivity index (χ3v) is 5.35. The van der Waals surface area contributed by atoms with Crippen molar-refractivity contribution < 1.29 is 14.7 Å². The van der Waals surface area contributed by atoms with Crippen molar-refractivity contribution in [1.82, 2.24) is 15.1 Å². The van der Waals surface area contributed by atoms with Gasteiger partial charge in [-0.3, -0.25) is 4.79 Å². The van der Waals surface area contributed by atoms with Gasteiger partial charge >= 0.3 is 5.97 Å². The third kappa shape index (κ3) is 3.46. The van der Waals surface area contributed by atoms with Gasteiger partial charge in [-0.25, -0.2) is 9.48 Å². The highest BCUT2D eigenvalue weighted by Crippen LogP contribution is 2.30. The van der Waals surface area contributed by atoms with Crippen LogP contribution in [-0.4, -0.2) is 32.3 Å². The SMILES string of the molecule is Cc1nn(-c2ccc(Cl)cc2)c(C)c1CC(=O)NC1(C(=O)O)CCCC1. The van der Waals surface area contributed by atoms with E-state index >= 15 is 0 Å². The summed E-state index contributed by atoms with van der Waals surface area (Å²) in [4.78, 5) is 24.2. The second kappa shape index (κ2) is 7.11. The molecule has 1 fully saturated rings. The van der Waals surface area contributed by atoms with Crippen LogP contribution >= 0.6 is 11.6 Å². The van der Waals surface area contributed by atoms with E-state index < -0.39 is 11.5 Å². The maximum Gasteiger partial charge on any atom is 0.329 e. The number of amides is 1. The first-order chi connectivity index (χ1) is 12.3. The van der Waals surface area contributed by atoms with Crippen molar-refractivity contribution in [2.45, 2.75) is 51.5 Å². The predicted molar refractivity (Wildman–Crippen MR) is 98.7 cm³/mol. The summed E-state index contributed by atoms with van der Waals surface area (Å²) < 4.78 is 1.77. The number of aromatic nitrogens is 2. The molecular weight excluding hydrogens is 354 g/mol. The van der Waals surface area contributed by atoms with E-state index in [1.165, 1.54) is 0 Å². The summed E-state index contributed by atoms with van der Waals surface area (Å²) in [6.45, 7) is 3.75. The van der Waals surface area contributed by atoms with Crippen molar-refractivity contribution in [2.75, 3.05) is 0 Å². The minimum absolute atomic E-state index is 0.111. The molecule has 6 nitrogen and oxygen atoms in total. The molecule has 138 valence electrons. The highest BCUT2D eigenvalue weighted by molar-refractivity contribution is 6.30. The molecule has 0 atom stereocenters. The molecule has 0 unspecified atom stereocenters. The lowest BCUT2D eigenvalue weighted by molar-refractivity contribution is -0.147. The van der Waals surface area contributed by atoms with Crippen LogP contribution in [0, 0.1) is 13.8 Å². The van der Waals surface area contributed by atoms with E-state index in [0.29, 0.717) is 17.9 Å². The number of nitrogens with one attached hydrogen (secondary N) is 1. The fourth-order valence-corrected chi connectivity index (χ4v) is 3.73. The first-order valence-electron chi connectivity index (χ1n) is 8.68. The number of aryl methyl sites for hydroxylation is 1. The lowest BCUT2D eigenvalue weighted by Gasteiger charge is -2.25. The molecule has 1 aromatic heterocycles. The number of carbonyl (C=O) groups is 2. The van der Waals surface area contributed by atoms with Crippen LogP contribution in [0.1, 0.15) is 42.6 Å². The van der Waals surface area contributed by atoms with Crippen LogP contribution in [0.5, 0.6) is 0 Å². The van der Waals surface area contributed by atoms with Gasteiger partial charge in [-0.15, -0.1) is 0 Å². The Hall–Kier alpha value is -2.34. The number of benzene rings is 1. The van der Waals surface area contributed by atoms with Gasteiger partial charge in [0.25, 0.3) is 0 Å². The monoisotopic (exact) mass is 375 g/mol. The Bertz CT molecular complexity index is 836. The highest BCUT2D eigenvalue weighted by Gasteiger charge is 2.42. The number of aliphatic carboxylic acids is 1. The molecular formula is C19H22ClN3O3. The van der Waals surface area contributed by atoms with Crippen molar-refractivity contribution in [3.05, 3.63) is 46.2 Å². The maximum atomic E-state index is 12.5. The van der Waals surface area contributed by atoms with E-state index in [1.54, 1.807) is 16.8 Å². The van der Waals surface area contributed by atoms with E-state index in [-0.39, 0.29) is 12.3 Å². The van der Waals surface area contributed by atoms with Crippen LogP contribution < -0.4 is 5.32 Å². The number of halogens is 1. The van der Waals surface area contributed by atoms with E-state index in [1.807, 2.05) is 26.0 Å². The predicted octanol–water partition coefficient (Wildman–Crippen LogP) is 3.20. The molecule has 1 amide bonds. The van der Waals surface area contributed by atoms with Crippen molar-refractivity contribution in [3.63, 3.8) is 0 Å². The minimum atomic E-state index is -1.12. The quantitative estimate of drug-likeness (QED) is 0.840. The molecule has 0 bridgehead atoms. The first-order valence-corrected chi connectivity index (χ1v) is 9.06. The number of rotatable bonds is 5. The first kappa shape index (κ1) is 18.5. The van der Waals surface area contributed by atoms with Gasteiger partial charge in [0.15, 0.2) is 0 Å². The molecule has 0 radical (unpaired) electrons. The number of carbonyl (C=O) groups excluding carboxylic acids is 1. The van der Waals surface area contributed by atoms with Crippen LogP contribution in [0.3, 0.4) is 0 Å². The van der Waals surface area contributed by atoms with Gasteiger partial charge in [0.1, 0.15) is 5.54 Å². The maximum absolute atomic E-state index is 12.5. The van der Waals surface area contributed by atoms with Gasteiger partial charge in [0.05, 0.1) is 17.8 Å². The van der Waals surface area contributed by atoms with E-state index in [4.69, 9.17) is 11.6 Å². The van der Waals surface area contributed by atoms with E-state index in [2.05, 4.69) is 10.4 Å². The summed E-state index contributed by atoms with van der Waals surface area (Å²) in [7, 11) is 0. The Morgan fingerprint density at radius 3 is 2.42 bits per heavy atom. The summed E-state index contributed by atoms with van der Waals surface area (Å²) in [6.07, 6.45) is 2.71. The average Bonchev–Trinajstić information content (AvgIpc) is 3.17. The molecule has 2 aromatic rings. The molecule has 3 rings (SSSR count). The van der Waals surface area contributed by atoms with Crippen molar-refractivity contribution >= 4 is 23.5 Å². The molecule has 1 heterocycles. The number of carboxylic acid groups (broad SMARTS) is 1. The molecule has 1 aromatic carbocycles. The zero-order valence-electron chi connectivity index (χ0n) is 14.9. The molecule has 26 heavy (non-hydrogen) atoms. The molecule has 0 spiro atoms. The normalized spacial score (nSPS) is 15.8. The second-order valence-corrected chi connectivity index (χ2v) is 7.29. The van der Waals surface area contributed by atoms with Gasteiger partial charge in [0, 0.05) is 16.3 Å². The van der Waals surface area contributed by atoms with Gasteiger partial charge in [-0.1, -0.05) is 24.4 Å². The molecule has 0 saturated heterocycles. The fraction of sp³-hybridized carbons (Fsp3) is 0.421. The lowest BCUT2D eigenvalue weighted by Crippen LogP contribution is -2.53. The molecule has 0 aliphatic heterocycles. The van der Waals surface area contributed by atoms with E-state index in [0.717, 1.165) is 35.5 Å². The zero-order chi connectivity index (χ0) is 18.9. The molecule has 7 heteroatoms. The van der Waals surface area contributed by atoms with Crippen molar-refractivity contribution in [2.24, 2.45) is 0 Å². The van der Waals surface area contributed by atoms with Gasteiger partial charge in [0.2, 0.25) is 5.91 Å². The Labute approximate surface area is 157 Å². The smallest absolute Gasteiger partial charge is 0.329 e. The van der Waals surface area contributed by atoms with Crippen LogP contribution in [0.4, 0.5) is 0 Å². The van der Waals surface area contributed by atoms with Crippen molar-refractivity contribution in [3.8, 4) is 5.69 Å². The Morgan fingerprint density at radius 1 is 1.23 bits per heavy atom. The van der Waals surface area contributed by atoms with Crippen LogP contribution in [0.15, 0.2) is 24.3 Å². The Balaban J connectivity index is 1.81. The average molecular weight is 376 g/mol. The number of nitrogens with zero attached hydrogens (tertiary/aromatic N) is 2. The van der Waals surface area contributed by atoms with Crippen LogP contribution in [0.25, 0.3) is 5.69 Å². The Morgan fingerprint density at radius 2 is 1.85 bits per heavy atom. The summed E-state index contributed by atoms with van der Waals surface area (Å²) in [5.74, 6) is -1.23. The molecule has 1 saturated carbocycles. The van der Waals surface area contributed by atoms with Gasteiger partial charge < -0.3 is 10.4 Å². The Kier molecular flexibility index (Phi) is 5.05. The standard InChI is InChI=1S/C19H22ClN3O3/c1-12-16(11-17(24)21-19(18(25)26)9-3-4-10-19)13(2)23(22-12)15-7-5-14(20)6-8-15/h5-8H,3-4,9-11H2,1-2H3,(H,21,24)(H,25,26). The van der Waals surface area contributed by atoms with E-state index in [9.17, 15) is 14.7 Å². The number of carboxylic acids is 1. The summed E-state index contributed by atoms with van der Waals surface area (Å²) in [5, 5.41) is 17.4. The summed E-state index contributed by atoms with van der Waals surface area (Å²) in [5.41, 5.74) is 2.17. The largest absolute Gasteiger partial charge is 0.480 e. The third-order valence-electron chi connectivity index (χ3n) is 5.09. The van der Waals surface area contributed by atoms with Gasteiger partial charge in [-0.2, -0.15) is 5.10 Å². The molecule has 2 N–H and O–H groups in total. The van der Waals surface area contributed by atoms with Crippen molar-refractivity contribution in [1.29, 1.82) is 0 Å². The highest BCUT2D eigenvalue weighted by atomic mass is 35.5. The zero-order valence-corrected chi connectivity index (χ0v) is 15.6. The molecule has 1 aliphatic carbocycles. The summed E-state index contributed by atoms with van der Waals surface area (Å²) in [6, 6.07) is 7.31. The van der Waals surface area contributed by atoms with Crippen LogP contribution in [-0.2, 0) is 16.0 Å². The van der Waals surface area contributed by atoms with Gasteiger partial charge in [-0.05, 0) is 51.0 Å². The minimum Gasteiger partial charge on any atom is -0.480 e. The topological polar surface area (TPSA) is 84.2 Å². The number of hydrogen-bond donors (Lipinski definition) is 2. The molecule has 1 aliphatic rings.